The SMILES string of the molecule is CCCCCCCCN(C(=O)C(CO)NC(=O)OC(C)(C)C)C(C(=O)Nc1c(C)cccc1C)c1cccc(C)c1O. The summed E-state index contributed by atoms with van der Waals surface area (Å²) in [5, 5.41) is 26.7. The smallest absolute Gasteiger partial charge is 0.408 e. The van der Waals surface area contributed by atoms with Crippen molar-refractivity contribution in [2.24, 2.45) is 0 Å². The lowest BCUT2D eigenvalue weighted by Gasteiger charge is -2.34. The number of hydrogen-bond donors (Lipinski definition) is 4. The predicted molar refractivity (Wildman–Crippen MR) is 165 cm³/mol. The predicted octanol–water partition coefficient (Wildman–Crippen LogP) is 6.07. The molecule has 2 unspecified atom stereocenters. The fourth-order valence-electron chi connectivity index (χ4n) is 4.82. The number of benzene rings is 2. The average Bonchev–Trinajstić information content (AvgIpc) is 2.91. The van der Waals surface area contributed by atoms with Crippen molar-refractivity contribution in [1.82, 2.24) is 10.2 Å². The minimum absolute atomic E-state index is 0.0967. The monoisotopic (exact) mass is 583 g/mol. The quantitative estimate of drug-likeness (QED) is 0.200. The molecule has 232 valence electrons. The van der Waals surface area contributed by atoms with Crippen molar-refractivity contribution in [1.29, 1.82) is 0 Å². The number of nitrogens with one attached hydrogen (secondary N) is 2. The number of para-hydroxylation sites is 2. The molecule has 9 heteroatoms. The Morgan fingerprint density at radius 1 is 0.905 bits per heavy atom. The molecule has 3 amide bonds. The van der Waals surface area contributed by atoms with E-state index in [9.17, 15) is 24.6 Å². The van der Waals surface area contributed by atoms with Gasteiger partial charge in [-0.25, -0.2) is 4.79 Å². The van der Waals surface area contributed by atoms with Crippen LogP contribution in [0, 0.1) is 20.8 Å². The van der Waals surface area contributed by atoms with E-state index < -0.39 is 42.2 Å². The summed E-state index contributed by atoms with van der Waals surface area (Å²) in [7, 11) is 0. The molecule has 0 heterocycles. The molecule has 0 aromatic heterocycles. The standard InChI is InChI=1S/C33H49N3O6/c1-8-9-10-11-12-13-20-36(31(40)26(21-37)34-32(41)42-33(5,6)7)28(25-19-15-18-24(4)29(25)38)30(39)35-27-22(2)16-14-17-23(27)3/h14-19,26,28,37-38H,8-13,20-21H2,1-7H3,(H,34,41)(H,35,39). The maximum Gasteiger partial charge on any atom is 0.408 e. The Morgan fingerprint density at radius 3 is 2.07 bits per heavy atom. The highest BCUT2D eigenvalue weighted by Crippen LogP contribution is 2.34. The third kappa shape index (κ3) is 10.0. The number of phenolic OH excluding ortho intramolecular Hbond substituents is 1. The molecule has 0 aliphatic heterocycles. The summed E-state index contributed by atoms with van der Waals surface area (Å²) < 4.78 is 5.32. The number of amides is 3. The van der Waals surface area contributed by atoms with Crippen molar-refractivity contribution in [3.63, 3.8) is 0 Å². The number of carbonyl (C=O) groups excluding carboxylic acids is 3. The molecule has 0 spiro atoms. The molecule has 0 aliphatic rings. The number of unbranched alkanes of at least 4 members (excludes halogenated alkanes) is 5. The zero-order chi connectivity index (χ0) is 31.4. The first-order valence-corrected chi connectivity index (χ1v) is 14.9. The molecule has 0 aliphatic carbocycles. The zero-order valence-electron chi connectivity index (χ0n) is 26.3. The molecular formula is C33H49N3O6. The van der Waals surface area contributed by atoms with Gasteiger partial charge in [0.05, 0.1) is 6.61 Å². The highest BCUT2D eigenvalue weighted by Gasteiger charge is 2.37. The van der Waals surface area contributed by atoms with Gasteiger partial charge in [-0.1, -0.05) is 75.4 Å². The van der Waals surface area contributed by atoms with Gasteiger partial charge in [0, 0.05) is 17.8 Å². The number of carbonyl (C=O) groups is 3. The molecule has 42 heavy (non-hydrogen) atoms. The van der Waals surface area contributed by atoms with Gasteiger partial charge in [0.25, 0.3) is 5.91 Å². The van der Waals surface area contributed by atoms with Gasteiger partial charge in [-0.3, -0.25) is 9.59 Å². The number of aliphatic hydroxyl groups excluding tert-OH is 1. The summed E-state index contributed by atoms with van der Waals surface area (Å²) >= 11 is 0. The molecule has 0 fully saturated rings. The molecular weight excluding hydrogens is 534 g/mol. The van der Waals surface area contributed by atoms with Crippen LogP contribution in [0.3, 0.4) is 0 Å². The highest BCUT2D eigenvalue weighted by atomic mass is 16.6. The summed E-state index contributed by atoms with van der Waals surface area (Å²) in [5.41, 5.74) is 2.32. The maximum atomic E-state index is 14.1. The molecule has 2 rings (SSSR count). The zero-order valence-corrected chi connectivity index (χ0v) is 26.3. The number of anilines is 1. The second-order valence-electron chi connectivity index (χ2n) is 11.9. The summed E-state index contributed by atoms with van der Waals surface area (Å²) in [6, 6.07) is 8.13. The second kappa shape index (κ2) is 16.2. The second-order valence-corrected chi connectivity index (χ2v) is 11.9. The van der Waals surface area contributed by atoms with E-state index in [4.69, 9.17) is 4.74 Å². The number of phenols is 1. The number of alkyl carbamates (subject to hydrolysis) is 1. The van der Waals surface area contributed by atoms with Gasteiger partial charge < -0.3 is 30.5 Å². The largest absolute Gasteiger partial charge is 0.507 e. The lowest BCUT2D eigenvalue weighted by molar-refractivity contribution is -0.141. The Labute approximate surface area is 250 Å². The fraction of sp³-hybridized carbons (Fsp3) is 0.545. The molecule has 0 saturated heterocycles. The lowest BCUT2D eigenvalue weighted by Crippen LogP contribution is -2.54. The Bertz CT molecular complexity index is 1190. The summed E-state index contributed by atoms with van der Waals surface area (Å²) in [6.07, 6.45) is 4.84. The Balaban J connectivity index is 2.55. The third-order valence-electron chi connectivity index (χ3n) is 7.06. The number of ether oxygens (including phenoxy) is 1. The van der Waals surface area contributed by atoms with E-state index in [1.165, 1.54) is 4.90 Å². The molecule has 0 radical (unpaired) electrons. The summed E-state index contributed by atoms with van der Waals surface area (Å²) in [4.78, 5) is 42.1. The van der Waals surface area contributed by atoms with Crippen molar-refractivity contribution in [2.45, 2.75) is 105 Å². The van der Waals surface area contributed by atoms with Crippen LogP contribution in [0.15, 0.2) is 36.4 Å². The van der Waals surface area contributed by atoms with Gasteiger partial charge in [-0.05, 0) is 64.7 Å². The number of hydrogen-bond acceptors (Lipinski definition) is 6. The minimum Gasteiger partial charge on any atom is -0.507 e. The van der Waals surface area contributed by atoms with Crippen LogP contribution in [-0.4, -0.2) is 57.8 Å². The van der Waals surface area contributed by atoms with E-state index in [1.54, 1.807) is 45.9 Å². The lowest BCUT2D eigenvalue weighted by atomic mass is 9.98. The number of aromatic hydroxyl groups is 1. The van der Waals surface area contributed by atoms with E-state index in [0.717, 1.165) is 43.2 Å². The van der Waals surface area contributed by atoms with E-state index in [0.29, 0.717) is 17.7 Å². The van der Waals surface area contributed by atoms with E-state index >= 15 is 0 Å². The number of rotatable bonds is 14. The molecule has 2 aromatic carbocycles. The van der Waals surface area contributed by atoms with E-state index in [-0.39, 0.29) is 17.9 Å². The first kappa shape index (κ1) is 34.6. The van der Waals surface area contributed by atoms with Crippen LogP contribution < -0.4 is 10.6 Å². The van der Waals surface area contributed by atoms with Crippen LogP contribution in [0.5, 0.6) is 5.75 Å². The Hall–Kier alpha value is -3.59. The third-order valence-corrected chi connectivity index (χ3v) is 7.06. The molecule has 9 nitrogen and oxygen atoms in total. The molecule has 2 atom stereocenters. The van der Waals surface area contributed by atoms with Crippen LogP contribution >= 0.6 is 0 Å². The van der Waals surface area contributed by atoms with Crippen molar-refractivity contribution in [3.8, 4) is 5.75 Å². The summed E-state index contributed by atoms with van der Waals surface area (Å²) in [6.45, 7) is 12.2. The van der Waals surface area contributed by atoms with E-state index in [2.05, 4.69) is 17.6 Å². The van der Waals surface area contributed by atoms with Crippen LogP contribution in [0.2, 0.25) is 0 Å². The minimum atomic E-state index is -1.36. The van der Waals surface area contributed by atoms with Crippen molar-refractivity contribution in [3.05, 3.63) is 58.7 Å². The Morgan fingerprint density at radius 2 is 1.48 bits per heavy atom. The highest BCUT2D eigenvalue weighted by molar-refractivity contribution is 6.00. The molecule has 2 aromatic rings. The van der Waals surface area contributed by atoms with Gasteiger partial charge >= 0.3 is 6.09 Å². The number of aryl methyl sites for hydroxylation is 3. The van der Waals surface area contributed by atoms with E-state index in [1.807, 2.05) is 32.0 Å². The molecule has 4 N–H and O–H groups in total. The van der Waals surface area contributed by atoms with Gasteiger partial charge in [0.2, 0.25) is 5.91 Å². The number of aliphatic hydroxyl groups is 1. The maximum absolute atomic E-state index is 14.1. The van der Waals surface area contributed by atoms with Crippen LogP contribution in [0.1, 0.15) is 94.5 Å². The Kier molecular flexibility index (Phi) is 13.3. The van der Waals surface area contributed by atoms with Gasteiger partial charge in [0.1, 0.15) is 23.4 Å². The normalized spacial score (nSPS) is 12.8. The first-order valence-electron chi connectivity index (χ1n) is 14.9. The first-order chi connectivity index (χ1) is 19.8. The summed E-state index contributed by atoms with van der Waals surface area (Å²) in [5.74, 6) is -1.26. The van der Waals surface area contributed by atoms with Crippen molar-refractivity contribution < 1.29 is 29.3 Å². The molecule has 0 bridgehead atoms. The average molecular weight is 584 g/mol. The van der Waals surface area contributed by atoms with Crippen LogP contribution in [0.4, 0.5) is 10.5 Å². The van der Waals surface area contributed by atoms with Gasteiger partial charge in [-0.2, -0.15) is 0 Å². The fourth-order valence-corrected chi connectivity index (χ4v) is 4.82. The van der Waals surface area contributed by atoms with Crippen LogP contribution in [-0.2, 0) is 14.3 Å². The van der Waals surface area contributed by atoms with Crippen molar-refractivity contribution >= 4 is 23.6 Å². The van der Waals surface area contributed by atoms with Crippen LogP contribution in [0.25, 0.3) is 0 Å². The van der Waals surface area contributed by atoms with Crippen molar-refractivity contribution in [2.75, 3.05) is 18.5 Å². The number of nitrogens with zero attached hydrogens (tertiary/aromatic N) is 1. The molecule has 0 saturated carbocycles. The van der Waals surface area contributed by atoms with Gasteiger partial charge in [0.15, 0.2) is 0 Å². The topological polar surface area (TPSA) is 128 Å². The van der Waals surface area contributed by atoms with Gasteiger partial charge in [-0.15, -0.1) is 0 Å².